The third-order valence-electron chi connectivity index (χ3n) is 2.86. The number of rotatable bonds is 2. The summed E-state index contributed by atoms with van der Waals surface area (Å²) in [5.41, 5.74) is -0.894. The lowest BCUT2D eigenvalue weighted by Gasteiger charge is -2.11. The van der Waals surface area contributed by atoms with E-state index in [1.54, 1.807) is 0 Å². The molecule has 2 rings (SSSR count). The molecule has 0 N–H and O–H groups in total. The Kier molecular flexibility index (Phi) is 5.08. The molecule has 0 unspecified atom stereocenters. The molecule has 1 aromatic heterocycles. The molecule has 0 atom stereocenters. The molecular weight excluding hydrogens is 378 g/mol. The number of pyridine rings is 1. The van der Waals surface area contributed by atoms with Crippen LogP contribution < -0.4 is 0 Å². The van der Waals surface area contributed by atoms with Crippen LogP contribution in [0, 0.1) is 0 Å². The first-order valence-corrected chi connectivity index (χ1v) is 7.10. The van der Waals surface area contributed by atoms with E-state index in [1.807, 2.05) is 0 Å². The van der Waals surface area contributed by atoms with Gasteiger partial charge in [-0.05, 0) is 18.2 Å². The van der Waals surface area contributed by atoms with Crippen LogP contribution in [0.2, 0.25) is 15.1 Å². The summed E-state index contributed by atoms with van der Waals surface area (Å²) in [4.78, 5) is 15.6. The molecule has 0 amide bonds. The molecule has 0 saturated carbocycles. The SMILES string of the molecule is COC(=O)c1nc(-c2ccc(C(F)(F)F)cc2Cl)cc(Cl)c1Cl. The zero-order chi connectivity index (χ0) is 17.4. The van der Waals surface area contributed by atoms with Gasteiger partial charge in [0.25, 0.3) is 0 Å². The molecule has 0 fully saturated rings. The lowest BCUT2D eigenvalue weighted by molar-refractivity contribution is -0.137. The second-order valence-corrected chi connectivity index (χ2v) is 5.53. The molecule has 23 heavy (non-hydrogen) atoms. The highest BCUT2D eigenvalue weighted by atomic mass is 35.5. The van der Waals surface area contributed by atoms with Crippen molar-refractivity contribution in [3.63, 3.8) is 0 Å². The Balaban J connectivity index is 2.59. The van der Waals surface area contributed by atoms with Gasteiger partial charge in [-0.15, -0.1) is 0 Å². The Labute approximate surface area is 143 Å². The number of carbonyl (C=O) groups excluding carboxylic acids is 1. The molecule has 3 nitrogen and oxygen atoms in total. The molecule has 0 spiro atoms. The van der Waals surface area contributed by atoms with E-state index >= 15 is 0 Å². The molecule has 0 aliphatic rings. The first-order chi connectivity index (χ1) is 10.6. The highest BCUT2D eigenvalue weighted by Gasteiger charge is 2.31. The minimum atomic E-state index is -4.52. The maximum Gasteiger partial charge on any atom is 0.416 e. The van der Waals surface area contributed by atoms with Gasteiger partial charge < -0.3 is 4.74 Å². The predicted octanol–water partition coefficient (Wildman–Crippen LogP) is 5.51. The number of benzene rings is 1. The van der Waals surface area contributed by atoms with Gasteiger partial charge >= 0.3 is 12.1 Å². The van der Waals surface area contributed by atoms with Crippen molar-refractivity contribution in [1.82, 2.24) is 4.98 Å². The van der Waals surface area contributed by atoms with E-state index in [0.29, 0.717) is 0 Å². The molecule has 0 aliphatic carbocycles. The molecule has 0 aliphatic heterocycles. The lowest BCUT2D eigenvalue weighted by Crippen LogP contribution is -2.07. The van der Waals surface area contributed by atoms with Gasteiger partial charge in [-0.25, -0.2) is 9.78 Å². The minimum absolute atomic E-state index is 0.00645. The number of esters is 1. The standard InChI is InChI=1S/C14H7Cl3F3NO2/c1-23-13(22)12-11(17)9(16)5-10(21-12)7-3-2-6(4-8(7)15)14(18,19)20/h2-5H,1H3. The molecular formula is C14H7Cl3F3NO2. The fourth-order valence-electron chi connectivity index (χ4n) is 1.77. The summed E-state index contributed by atoms with van der Waals surface area (Å²) in [5, 5.41) is -0.320. The number of hydrogen-bond acceptors (Lipinski definition) is 3. The second kappa shape index (κ2) is 6.55. The van der Waals surface area contributed by atoms with Crippen LogP contribution in [0.4, 0.5) is 13.2 Å². The molecule has 2 aromatic rings. The average Bonchev–Trinajstić information content (AvgIpc) is 2.48. The average molecular weight is 385 g/mol. The Morgan fingerprint density at radius 2 is 1.78 bits per heavy atom. The lowest BCUT2D eigenvalue weighted by atomic mass is 10.1. The van der Waals surface area contributed by atoms with Gasteiger partial charge in [0, 0.05) is 5.56 Å². The van der Waals surface area contributed by atoms with E-state index < -0.39 is 17.7 Å². The van der Waals surface area contributed by atoms with Crippen molar-refractivity contribution >= 4 is 40.8 Å². The van der Waals surface area contributed by atoms with Gasteiger partial charge in [0.1, 0.15) is 0 Å². The normalized spacial score (nSPS) is 11.4. The monoisotopic (exact) mass is 383 g/mol. The number of halogens is 6. The van der Waals surface area contributed by atoms with Crippen LogP contribution in [0.25, 0.3) is 11.3 Å². The third kappa shape index (κ3) is 3.71. The summed E-state index contributed by atoms with van der Waals surface area (Å²) in [6, 6.07) is 4.05. The molecule has 122 valence electrons. The van der Waals surface area contributed by atoms with Gasteiger partial charge in [-0.2, -0.15) is 13.2 Å². The summed E-state index contributed by atoms with van der Waals surface area (Å²) in [6.45, 7) is 0. The number of alkyl halides is 3. The first-order valence-electron chi connectivity index (χ1n) is 5.96. The number of carbonyl (C=O) groups is 1. The van der Waals surface area contributed by atoms with E-state index in [9.17, 15) is 18.0 Å². The number of hydrogen-bond donors (Lipinski definition) is 0. The van der Waals surface area contributed by atoms with Gasteiger partial charge in [0.2, 0.25) is 0 Å². The summed E-state index contributed by atoms with van der Waals surface area (Å²) in [5.74, 6) is -0.832. The maximum atomic E-state index is 12.7. The Bertz CT molecular complexity index is 779. The molecule has 0 radical (unpaired) electrons. The topological polar surface area (TPSA) is 39.2 Å². The van der Waals surface area contributed by atoms with Crippen molar-refractivity contribution in [2.45, 2.75) is 6.18 Å². The molecule has 1 aromatic carbocycles. The predicted molar refractivity (Wildman–Crippen MR) is 81.0 cm³/mol. The minimum Gasteiger partial charge on any atom is -0.464 e. The van der Waals surface area contributed by atoms with Gasteiger partial charge in [0.05, 0.1) is 33.4 Å². The van der Waals surface area contributed by atoms with Crippen LogP contribution in [0.1, 0.15) is 16.1 Å². The van der Waals surface area contributed by atoms with Crippen LogP contribution in [0.3, 0.4) is 0 Å². The second-order valence-electron chi connectivity index (χ2n) is 4.34. The van der Waals surface area contributed by atoms with E-state index in [-0.39, 0.29) is 32.0 Å². The number of nitrogens with zero attached hydrogens (tertiary/aromatic N) is 1. The fraction of sp³-hybridized carbons (Fsp3) is 0.143. The van der Waals surface area contributed by atoms with Gasteiger partial charge in [-0.3, -0.25) is 0 Å². The van der Waals surface area contributed by atoms with Crippen molar-refractivity contribution in [3.8, 4) is 11.3 Å². The van der Waals surface area contributed by atoms with Gasteiger partial charge in [0.15, 0.2) is 5.69 Å². The number of ether oxygens (including phenoxy) is 1. The van der Waals surface area contributed by atoms with Crippen LogP contribution >= 0.6 is 34.8 Å². The summed E-state index contributed by atoms with van der Waals surface area (Å²) < 4.78 is 42.5. The highest BCUT2D eigenvalue weighted by molar-refractivity contribution is 6.43. The van der Waals surface area contributed by atoms with Crippen LogP contribution in [0.5, 0.6) is 0 Å². The van der Waals surface area contributed by atoms with E-state index in [2.05, 4.69) is 9.72 Å². The fourth-order valence-corrected chi connectivity index (χ4v) is 2.41. The molecule has 1 heterocycles. The summed E-state index contributed by atoms with van der Waals surface area (Å²) in [7, 11) is 1.13. The van der Waals surface area contributed by atoms with Crippen LogP contribution in [-0.2, 0) is 10.9 Å². The number of aromatic nitrogens is 1. The van der Waals surface area contributed by atoms with Crippen molar-refractivity contribution in [2.75, 3.05) is 7.11 Å². The van der Waals surface area contributed by atoms with E-state index in [0.717, 1.165) is 25.3 Å². The van der Waals surface area contributed by atoms with Crippen LogP contribution in [0.15, 0.2) is 24.3 Å². The third-order valence-corrected chi connectivity index (χ3v) is 3.95. The Hall–Kier alpha value is -1.50. The summed E-state index contributed by atoms with van der Waals surface area (Å²) in [6.07, 6.45) is -4.52. The molecule has 0 bridgehead atoms. The zero-order valence-corrected chi connectivity index (χ0v) is 13.6. The zero-order valence-electron chi connectivity index (χ0n) is 11.3. The quantitative estimate of drug-likeness (QED) is 0.641. The maximum absolute atomic E-state index is 12.7. The van der Waals surface area contributed by atoms with Crippen molar-refractivity contribution < 1.29 is 22.7 Å². The van der Waals surface area contributed by atoms with Gasteiger partial charge in [-0.1, -0.05) is 40.9 Å². The van der Waals surface area contributed by atoms with Crippen molar-refractivity contribution in [1.29, 1.82) is 0 Å². The van der Waals surface area contributed by atoms with E-state index in [1.165, 1.54) is 6.07 Å². The molecule has 0 saturated heterocycles. The Morgan fingerprint density at radius 3 is 2.30 bits per heavy atom. The van der Waals surface area contributed by atoms with Crippen molar-refractivity contribution in [2.24, 2.45) is 0 Å². The van der Waals surface area contributed by atoms with Crippen molar-refractivity contribution in [3.05, 3.63) is 50.6 Å². The number of methoxy groups -OCH3 is 1. The van der Waals surface area contributed by atoms with Crippen LogP contribution in [-0.4, -0.2) is 18.1 Å². The Morgan fingerprint density at radius 1 is 1.13 bits per heavy atom. The van der Waals surface area contributed by atoms with E-state index in [4.69, 9.17) is 34.8 Å². The highest BCUT2D eigenvalue weighted by Crippen LogP contribution is 2.37. The smallest absolute Gasteiger partial charge is 0.416 e. The first kappa shape index (κ1) is 17.8. The largest absolute Gasteiger partial charge is 0.464 e. The molecule has 9 heteroatoms. The summed E-state index contributed by atoms with van der Waals surface area (Å²) >= 11 is 17.7.